The van der Waals surface area contributed by atoms with E-state index in [0.717, 1.165) is 0 Å². The fraction of sp³-hybridized carbons (Fsp3) is 1.00. The van der Waals surface area contributed by atoms with Crippen molar-refractivity contribution in [2.45, 2.75) is 32.1 Å². The Morgan fingerprint density at radius 2 is 1.80 bits per heavy atom. The lowest BCUT2D eigenvalue weighted by Crippen LogP contribution is -2.21. The number of hydrogen-bond acceptors (Lipinski definition) is 1. The van der Waals surface area contributed by atoms with Crippen LogP contribution in [0.4, 0.5) is 13.2 Å². The van der Waals surface area contributed by atoms with Crippen molar-refractivity contribution in [2.75, 3.05) is 0 Å². The van der Waals surface area contributed by atoms with Gasteiger partial charge < -0.3 is 0 Å². The third kappa shape index (κ3) is 1.42. The van der Waals surface area contributed by atoms with Gasteiger partial charge in [0.15, 0.2) is 0 Å². The second-order valence-corrected chi connectivity index (χ2v) is 2.96. The maximum Gasteiger partial charge on any atom is 0.405 e. The molecule has 1 N–H and O–H groups in total. The fourth-order valence-corrected chi connectivity index (χ4v) is 1.03. The van der Waals surface area contributed by atoms with Gasteiger partial charge in [-0.1, -0.05) is 13.8 Å². The highest BCUT2D eigenvalue weighted by Gasteiger charge is 2.56. The molecular weight excluding hydrogens is 143 g/mol. The predicted molar refractivity (Wildman–Crippen MR) is 31.6 cm³/mol. The quantitative estimate of drug-likeness (QED) is 0.567. The van der Waals surface area contributed by atoms with Gasteiger partial charge in [0.05, 0.1) is 0 Å². The SMILES string of the molecule is CC(C)[C@H]1N[C@@H]1C(F)(F)F. The molecule has 0 aliphatic carbocycles. The van der Waals surface area contributed by atoms with Crippen molar-refractivity contribution >= 4 is 0 Å². The Kier molecular flexibility index (Phi) is 1.66. The Morgan fingerprint density at radius 1 is 1.30 bits per heavy atom. The summed E-state index contributed by atoms with van der Waals surface area (Å²) < 4.78 is 35.4. The van der Waals surface area contributed by atoms with Crippen LogP contribution < -0.4 is 5.32 Å². The molecule has 1 aliphatic rings. The molecule has 10 heavy (non-hydrogen) atoms. The van der Waals surface area contributed by atoms with Crippen LogP contribution in [-0.4, -0.2) is 18.3 Å². The van der Waals surface area contributed by atoms with Crippen LogP contribution in [0.25, 0.3) is 0 Å². The van der Waals surface area contributed by atoms with Gasteiger partial charge in [0, 0.05) is 6.04 Å². The molecule has 0 spiro atoms. The Bertz CT molecular complexity index is 129. The number of nitrogens with one attached hydrogen (secondary N) is 1. The van der Waals surface area contributed by atoms with Crippen LogP contribution in [0.15, 0.2) is 0 Å². The molecule has 0 radical (unpaired) electrons. The highest BCUT2D eigenvalue weighted by atomic mass is 19.4. The number of halogens is 3. The third-order valence-corrected chi connectivity index (χ3v) is 1.69. The van der Waals surface area contributed by atoms with Crippen molar-refractivity contribution in [3.05, 3.63) is 0 Å². The van der Waals surface area contributed by atoms with Gasteiger partial charge in [0.2, 0.25) is 0 Å². The zero-order chi connectivity index (χ0) is 7.94. The predicted octanol–water partition coefficient (Wildman–Crippen LogP) is 1.55. The minimum Gasteiger partial charge on any atom is -0.300 e. The summed E-state index contributed by atoms with van der Waals surface area (Å²) in [5, 5.41) is 2.38. The van der Waals surface area contributed by atoms with Gasteiger partial charge in [-0.05, 0) is 5.92 Å². The van der Waals surface area contributed by atoms with Gasteiger partial charge in [-0.2, -0.15) is 13.2 Å². The van der Waals surface area contributed by atoms with Crippen molar-refractivity contribution in [3.63, 3.8) is 0 Å². The molecule has 4 heteroatoms. The van der Waals surface area contributed by atoms with E-state index in [1.165, 1.54) is 0 Å². The van der Waals surface area contributed by atoms with Crippen LogP contribution in [0.1, 0.15) is 13.8 Å². The minimum absolute atomic E-state index is 0.0756. The topological polar surface area (TPSA) is 21.9 Å². The summed E-state index contributed by atoms with van der Waals surface area (Å²) >= 11 is 0. The van der Waals surface area contributed by atoms with Crippen LogP contribution in [-0.2, 0) is 0 Å². The van der Waals surface area contributed by atoms with E-state index in [9.17, 15) is 13.2 Å². The van der Waals surface area contributed by atoms with Gasteiger partial charge in [-0.15, -0.1) is 0 Å². The van der Waals surface area contributed by atoms with E-state index in [0.29, 0.717) is 0 Å². The van der Waals surface area contributed by atoms with Crippen LogP contribution >= 0.6 is 0 Å². The molecule has 1 saturated heterocycles. The molecule has 2 atom stereocenters. The lowest BCUT2D eigenvalue weighted by Gasteiger charge is -2.03. The summed E-state index contributed by atoms with van der Waals surface area (Å²) in [4.78, 5) is 0. The fourth-order valence-electron chi connectivity index (χ4n) is 1.03. The molecule has 0 aromatic carbocycles. The number of rotatable bonds is 1. The lowest BCUT2D eigenvalue weighted by atomic mass is 10.1. The molecule has 60 valence electrons. The van der Waals surface area contributed by atoms with E-state index >= 15 is 0 Å². The maximum atomic E-state index is 11.8. The number of hydrogen-bond donors (Lipinski definition) is 1. The molecule has 0 saturated carbocycles. The molecule has 1 rings (SSSR count). The first-order chi connectivity index (χ1) is 4.43. The van der Waals surface area contributed by atoms with E-state index in [-0.39, 0.29) is 12.0 Å². The monoisotopic (exact) mass is 153 g/mol. The Labute approximate surface area is 57.6 Å². The largest absolute Gasteiger partial charge is 0.405 e. The normalized spacial score (nSPS) is 33.0. The van der Waals surface area contributed by atoms with Crippen molar-refractivity contribution in [1.29, 1.82) is 0 Å². The molecule has 1 aliphatic heterocycles. The van der Waals surface area contributed by atoms with E-state index in [4.69, 9.17) is 0 Å². The molecular formula is C6H10F3N. The molecule has 1 nitrogen and oxygen atoms in total. The van der Waals surface area contributed by atoms with Gasteiger partial charge in [0.1, 0.15) is 6.04 Å². The molecule has 0 bridgehead atoms. The van der Waals surface area contributed by atoms with Crippen molar-refractivity contribution in [3.8, 4) is 0 Å². The van der Waals surface area contributed by atoms with Gasteiger partial charge in [-0.25, -0.2) is 0 Å². The summed E-state index contributed by atoms with van der Waals surface area (Å²) in [6.07, 6.45) is -4.05. The van der Waals surface area contributed by atoms with Gasteiger partial charge >= 0.3 is 6.18 Å². The Morgan fingerprint density at radius 3 is 1.90 bits per heavy atom. The second kappa shape index (κ2) is 2.12. The first-order valence-electron chi connectivity index (χ1n) is 3.25. The molecule has 1 fully saturated rings. The van der Waals surface area contributed by atoms with Crippen LogP contribution in [0, 0.1) is 5.92 Å². The van der Waals surface area contributed by atoms with Crippen LogP contribution in [0.2, 0.25) is 0 Å². The number of alkyl halides is 3. The van der Waals surface area contributed by atoms with E-state index in [1.54, 1.807) is 13.8 Å². The Hall–Kier alpha value is -0.250. The summed E-state index contributed by atoms with van der Waals surface area (Å²) in [7, 11) is 0. The van der Waals surface area contributed by atoms with Crippen LogP contribution in [0.5, 0.6) is 0 Å². The minimum atomic E-state index is -4.05. The van der Waals surface area contributed by atoms with Crippen molar-refractivity contribution in [2.24, 2.45) is 5.92 Å². The standard InChI is InChI=1S/C6H10F3N/c1-3(2)4-5(10-4)6(7,8)9/h3-5,10H,1-2H3/t4-,5+/m1/s1. The summed E-state index contributed by atoms with van der Waals surface area (Å²) in [6.45, 7) is 3.56. The van der Waals surface area contributed by atoms with Crippen molar-refractivity contribution < 1.29 is 13.2 Å². The summed E-state index contributed by atoms with van der Waals surface area (Å²) in [6, 6.07) is -1.59. The maximum absolute atomic E-state index is 11.8. The third-order valence-electron chi connectivity index (χ3n) is 1.69. The molecule has 1 heterocycles. The smallest absolute Gasteiger partial charge is 0.300 e. The first kappa shape index (κ1) is 7.85. The first-order valence-corrected chi connectivity index (χ1v) is 3.25. The zero-order valence-corrected chi connectivity index (χ0v) is 5.87. The molecule has 0 unspecified atom stereocenters. The molecule has 0 amide bonds. The second-order valence-electron chi connectivity index (χ2n) is 2.96. The lowest BCUT2D eigenvalue weighted by molar-refractivity contribution is -0.130. The molecule has 0 aromatic rings. The highest BCUT2D eigenvalue weighted by molar-refractivity contribution is 5.04. The highest BCUT2D eigenvalue weighted by Crippen LogP contribution is 2.34. The van der Waals surface area contributed by atoms with Gasteiger partial charge in [0.25, 0.3) is 0 Å². The average Bonchev–Trinajstić information content (AvgIpc) is 2.35. The average molecular weight is 153 g/mol. The van der Waals surface area contributed by atoms with E-state index < -0.39 is 12.2 Å². The van der Waals surface area contributed by atoms with E-state index in [1.807, 2.05) is 0 Å². The van der Waals surface area contributed by atoms with E-state index in [2.05, 4.69) is 5.32 Å². The summed E-state index contributed by atoms with van der Waals surface area (Å²) in [5.41, 5.74) is 0. The summed E-state index contributed by atoms with van der Waals surface area (Å²) in [5.74, 6) is 0.0756. The zero-order valence-electron chi connectivity index (χ0n) is 5.87. The van der Waals surface area contributed by atoms with Crippen LogP contribution in [0.3, 0.4) is 0 Å². The van der Waals surface area contributed by atoms with Gasteiger partial charge in [-0.3, -0.25) is 5.32 Å². The van der Waals surface area contributed by atoms with Crippen molar-refractivity contribution in [1.82, 2.24) is 5.32 Å². The molecule has 0 aromatic heterocycles. The Balaban J connectivity index is 2.39.